The van der Waals surface area contributed by atoms with Crippen LogP contribution in [0.5, 0.6) is 0 Å². The summed E-state index contributed by atoms with van der Waals surface area (Å²) in [4.78, 5) is 36.9. The molecular weight excluding hydrogens is 274 g/mol. The molecule has 7 heteroatoms. The molecule has 2 atom stereocenters. The van der Waals surface area contributed by atoms with Gasteiger partial charge in [0.15, 0.2) is 0 Å². The third kappa shape index (κ3) is 3.07. The summed E-state index contributed by atoms with van der Waals surface area (Å²) in [6, 6.07) is 2.60. The molecule has 2 amide bonds. The minimum atomic E-state index is -0.633. The first-order valence-electron chi connectivity index (χ1n) is 6.71. The van der Waals surface area contributed by atoms with Crippen molar-refractivity contribution in [2.75, 3.05) is 13.7 Å². The van der Waals surface area contributed by atoms with Crippen LogP contribution >= 0.6 is 0 Å². The predicted octanol–water partition coefficient (Wildman–Crippen LogP) is -0.0827. The zero-order valence-electron chi connectivity index (χ0n) is 12.3. The maximum Gasteiger partial charge on any atom is 0.328 e. The minimum absolute atomic E-state index is 0.207. The van der Waals surface area contributed by atoms with Gasteiger partial charge in [-0.05, 0) is 12.1 Å². The number of methoxy groups -OCH3 is 1. The zero-order chi connectivity index (χ0) is 15.6. The van der Waals surface area contributed by atoms with E-state index in [0.29, 0.717) is 18.7 Å². The fraction of sp³-hybridized carbons (Fsp3) is 0.500. The van der Waals surface area contributed by atoms with Crippen LogP contribution in [0.1, 0.15) is 23.8 Å². The van der Waals surface area contributed by atoms with Crippen LogP contribution in [0.25, 0.3) is 0 Å². The van der Waals surface area contributed by atoms with Gasteiger partial charge >= 0.3 is 5.97 Å². The van der Waals surface area contributed by atoms with Crippen molar-refractivity contribution in [1.82, 2.24) is 14.8 Å². The quantitative estimate of drug-likeness (QED) is 0.790. The Hall–Kier alpha value is -2.31. The number of esters is 1. The lowest BCUT2D eigenvalue weighted by Crippen LogP contribution is -2.40. The highest BCUT2D eigenvalue weighted by molar-refractivity contribution is 5.93. The summed E-state index contributed by atoms with van der Waals surface area (Å²) in [5, 5.41) is 2.85. The van der Waals surface area contributed by atoms with Crippen LogP contribution in [0.4, 0.5) is 0 Å². The Balaban J connectivity index is 2.06. The number of carbonyl (C=O) groups excluding carboxylic acids is 3. The molecule has 21 heavy (non-hydrogen) atoms. The zero-order valence-corrected chi connectivity index (χ0v) is 12.3. The average Bonchev–Trinajstić information content (AvgIpc) is 3.04. The van der Waals surface area contributed by atoms with E-state index in [2.05, 4.69) is 5.32 Å². The number of likely N-dealkylation sites (tertiary alicyclic amines) is 1. The molecule has 1 aliphatic heterocycles. The third-order valence-electron chi connectivity index (χ3n) is 3.69. The highest BCUT2D eigenvalue weighted by Gasteiger charge is 2.39. The van der Waals surface area contributed by atoms with Gasteiger partial charge in [0.25, 0.3) is 5.91 Å². The molecule has 114 valence electrons. The second kappa shape index (κ2) is 5.99. The van der Waals surface area contributed by atoms with E-state index < -0.39 is 12.0 Å². The van der Waals surface area contributed by atoms with E-state index in [0.717, 1.165) is 0 Å². The summed E-state index contributed by atoms with van der Waals surface area (Å²) in [5.74, 6) is -0.886. The van der Waals surface area contributed by atoms with Gasteiger partial charge in [-0.15, -0.1) is 0 Å². The van der Waals surface area contributed by atoms with Gasteiger partial charge in [-0.25, -0.2) is 4.79 Å². The first-order chi connectivity index (χ1) is 9.93. The van der Waals surface area contributed by atoms with Crippen LogP contribution in [-0.2, 0) is 21.4 Å². The van der Waals surface area contributed by atoms with Gasteiger partial charge in [0, 0.05) is 39.2 Å². The van der Waals surface area contributed by atoms with Gasteiger partial charge in [-0.3, -0.25) is 9.59 Å². The molecule has 1 aromatic rings. The maximum absolute atomic E-state index is 12.2. The van der Waals surface area contributed by atoms with E-state index in [9.17, 15) is 14.4 Å². The van der Waals surface area contributed by atoms with Crippen molar-refractivity contribution in [3.8, 4) is 0 Å². The largest absolute Gasteiger partial charge is 0.467 e. The molecule has 1 fully saturated rings. The molecule has 0 bridgehead atoms. The Morgan fingerprint density at radius 1 is 1.38 bits per heavy atom. The Morgan fingerprint density at radius 3 is 2.62 bits per heavy atom. The van der Waals surface area contributed by atoms with Crippen molar-refractivity contribution in [3.05, 3.63) is 24.0 Å². The number of aromatic nitrogens is 1. The van der Waals surface area contributed by atoms with Crippen LogP contribution in [0.15, 0.2) is 18.3 Å². The van der Waals surface area contributed by atoms with E-state index in [4.69, 9.17) is 4.74 Å². The summed E-state index contributed by atoms with van der Waals surface area (Å²) in [6.45, 7) is 1.71. The second-order valence-corrected chi connectivity index (χ2v) is 5.12. The van der Waals surface area contributed by atoms with Crippen LogP contribution < -0.4 is 5.32 Å². The topological polar surface area (TPSA) is 80.6 Å². The van der Waals surface area contributed by atoms with Crippen molar-refractivity contribution in [3.63, 3.8) is 0 Å². The van der Waals surface area contributed by atoms with Crippen molar-refractivity contribution in [1.29, 1.82) is 0 Å². The number of rotatable bonds is 3. The molecule has 0 spiro atoms. The molecule has 7 nitrogen and oxygen atoms in total. The molecule has 0 aromatic carbocycles. The lowest BCUT2D eigenvalue weighted by Gasteiger charge is -2.20. The third-order valence-corrected chi connectivity index (χ3v) is 3.69. The fourth-order valence-electron chi connectivity index (χ4n) is 2.60. The smallest absolute Gasteiger partial charge is 0.328 e. The van der Waals surface area contributed by atoms with Crippen LogP contribution in [0.3, 0.4) is 0 Å². The van der Waals surface area contributed by atoms with Crippen molar-refractivity contribution in [2.24, 2.45) is 7.05 Å². The van der Waals surface area contributed by atoms with Crippen LogP contribution in [0.2, 0.25) is 0 Å². The molecule has 1 aliphatic rings. The second-order valence-electron chi connectivity index (χ2n) is 5.12. The number of nitrogens with zero attached hydrogens (tertiary/aromatic N) is 2. The number of aryl methyl sites for hydroxylation is 1. The van der Waals surface area contributed by atoms with E-state index in [1.165, 1.54) is 18.9 Å². The summed E-state index contributed by atoms with van der Waals surface area (Å²) >= 11 is 0. The minimum Gasteiger partial charge on any atom is -0.467 e. The number of ether oxygens (including phenoxy) is 1. The number of amides is 2. The van der Waals surface area contributed by atoms with Crippen molar-refractivity contribution in [2.45, 2.75) is 25.4 Å². The Morgan fingerprint density at radius 2 is 2.10 bits per heavy atom. The number of hydrogen-bond acceptors (Lipinski definition) is 4. The summed E-state index contributed by atoms with van der Waals surface area (Å²) in [6.07, 6.45) is 2.14. The summed E-state index contributed by atoms with van der Waals surface area (Å²) in [5.41, 5.74) is 0.533. The van der Waals surface area contributed by atoms with Crippen LogP contribution in [-0.4, -0.2) is 53.0 Å². The predicted molar refractivity (Wildman–Crippen MR) is 74.5 cm³/mol. The first-order valence-corrected chi connectivity index (χ1v) is 6.71. The van der Waals surface area contributed by atoms with Gasteiger partial charge in [-0.2, -0.15) is 0 Å². The summed E-state index contributed by atoms with van der Waals surface area (Å²) < 4.78 is 6.42. The lowest BCUT2D eigenvalue weighted by atomic mass is 10.1. The normalized spacial score (nSPS) is 21.2. The van der Waals surface area contributed by atoms with Gasteiger partial charge in [0.2, 0.25) is 5.91 Å². The standard InChI is InChI=1S/C14H19N3O4/c1-9(18)17-8-10(7-12(17)14(20)21-3)15-13(19)11-5-4-6-16(11)2/h4-6,10,12H,7-8H2,1-3H3,(H,15,19)/t10-,12-/m0/s1. The van der Waals surface area contributed by atoms with Crippen LogP contribution in [0, 0.1) is 0 Å². The van der Waals surface area contributed by atoms with E-state index in [1.54, 1.807) is 29.9 Å². The number of carbonyl (C=O) groups is 3. The highest BCUT2D eigenvalue weighted by Crippen LogP contribution is 2.19. The van der Waals surface area contributed by atoms with Crippen molar-refractivity contribution < 1.29 is 19.1 Å². The molecule has 1 aromatic heterocycles. The van der Waals surface area contributed by atoms with Crippen molar-refractivity contribution >= 4 is 17.8 Å². The average molecular weight is 293 g/mol. The molecule has 0 unspecified atom stereocenters. The number of nitrogens with one attached hydrogen (secondary N) is 1. The van der Waals surface area contributed by atoms with E-state index in [1.807, 2.05) is 0 Å². The monoisotopic (exact) mass is 293 g/mol. The molecule has 2 heterocycles. The van der Waals surface area contributed by atoms with E-state index in [-0.39, 0.29) is 17.9 Å². The number of hydrogen-bond donors (Lipinski definition) is 1. The molecular formula is C14H19N3O4. The Labute approximate surface area is 122 Å². The fourth-order valence-corrected chi connectivity index (χ4v) is 2.60. The lowest BCUT2D eigenvalue weighted by molar-refractivity contribution is -0.150. The molecule has 1 N–H and O–H groups in total. The first kappa shape index (κ1) is 15.1. The maximum atomic E-state index is 12.2. The Bertz CT molecular complexity index is 566. The Kier molecular flexibility index (Phi) is 4.30. The summed E-state index contributed by atoms with van der Waals surface area (Å²) in [7, 11) is 3.07. The molecule has 0 aliphatic carbocycles. The highest BCUT2D eigenvalue weighted by atomic mass is 16.5. The SMILES string of the molecule is COC(=O)[C@@H]1C[C@H](NC(=O)c2cccn2C)CN1C(C)=O. The van der Waals surface area contributed by atoms with Gasteiger partial charge in [-0.1, -0.05) is 0 Å². The molecule has 0 saturated carbocycles. The van der Waals surface area contributed by atoms with Gasteiger partial charge < -0.3 is 19.5 Å². The van der Waals surface area contributed by atoms with Gasteiger partial charge in [0.1, 0.15) is 11.7 Å². The molecule has 0 radical (unpaired) electrons. The van der Waals surface area contributed by atoms with E-state index >= 15 is 0 Å². The molecule has 1 saturated heterocycles. The molecule has 2 rings (SSSR count). The van der Waals surface area contributed by atoms with Gasteiger partial charge in [0.05, 0.1) is 7.11 Å².